The van der Waals surface area contributed by atoms with E-state index in [0.717, 1.165) is 17.3 Å². The van der Waals surface area contributed by atoms with Gasteiger partial charge < -0.3 is 9.88 Å². The van der Waals surface area contributed by atoms with Crippen molar-refractivity contribution < 1.29 is 13.2 Å². The van der Waals surface area contributed by atoms with Crippen molar-refractivity contribution in [2.24, 2.45) is 5.92 Å². The van der Waals surface area contributed by atoms with Crippen LogP contribution in [0.25, 0.3) is 10.9 Å². The zero-order valence-electron chi connectivity index (χ0n) is 17.6. The second kappa shape index (κ2) is 8.08. The van der Waals surface area contributed by atoms with E-state index in [9.17, 15) is 18.5 Å². The predicted molar refractivity (Wildman–Crippen MR) is 120 cm³/mol. The second-order valence-corrected chi connectivity index (χ2v) is 10.3. The average molecular weight is 449 g/mol. The molecular weight excluding hydrogens is 424 g/mol. The number of aromatic amines is 1. The molecule has 32 heavy (non-hydrogen) atoms. The third-order valence-electron chi connectivity index (χ3n) is 6.62. The lowest BCUT2D eigenvalue weighted by Crippen LogP contribution is -2.45. The number of nitrogens with one attached hydrogen (secondary N) is 1. The first-order valence-electron chi connectivity index (χ1n) is 10.9. The molecule has 0 bridgehead atoms. The van der Waals surface area contributed by atoms with Gasteiger partial charge in [-0.3, -0.25) is 4.79 Å². The van der Waals surface area contributed by atoms with E-state index in [-0.39, 0.29) is 35.4 Å². The van der Waals surface area contributed by atoms with Crippen LogP contribution in [0.2, 0.25) is 0 Å². The van der Waals surface area contributed by atoms with E-state index >= 15 is 0 Å². The Labute approximate surface area is 187 Å². The molecule has 1 fully saturated rings. The molecule has 0 radical (unpaired) electrons. The molecule has 0 spiro atoms. The summed E-state index contributed by atoms with van der Waals surface area (Å²) in [5.41, 5.74) is 3.64. The summed E-state index contributed by atoms with van der Waals surface area (Å²) >= 11 is 0. The van der Waals surface area contributed by atoms with E-state index < -0.39 is 10.0 Å². The van der Waals surface area contributed by atoms with Crippen molar-refractivity contribution in [3.8, 4) is 6.07 Å². The number of piperidine rings is 1. The molecule has 0 aliphatic carbocycles. The Bertz CT molecular complexity index is 1330. The van der Waals surface area contributed by atoms with Gasteiger partial charge in [0.05, 0.1) is 10.5 Å². The van der Waals surface area contributed by atoms with Crippen molar-refractivity contribution in [3.63, 3.8) is 0 Å². The largest absolute Gasteiger partial charge is 0.358 e. The van der Waals surface area contributed by atoms with Crippen LogP contribution in [0.15, 0.2) is 53.4 Å². The normalized spacial score (nSPS) is 17.8. The molecule has 3 heterocycles. The number of hydrogen-bond donors (Lipinski definition) is 1. The van der Waals surface area contributed by atoms with Crippen LogP contribution in [0.1, 0.15) is 29.7 Å². The molecule has 0 unspecified atom stereocenters. The molecule has 8 heteroatoms. The summed E-state index contributed by atoms with van der Waals surface area (Å²) in [5.74, 6) is -0.0742. The fraction of sp³-hybridized carbons (Fsp3) is 0.333. The highest BCUT2D eigenvalue weighted by atomic mass is 32.2. The van der Waals surface area contributed by atoms with Crippen LogP contribution < -0.4 is 0 Å². The van der Waals surface area contributed by atoms with Crippen LogP contribution in [0.3, 0.4) is 0 Å². The lowest BCUT2D eigenvalue weighted by atomic mass is 9.95. The average Bonchev–Trinajstić information content (AvgIpc) is 3.21. The number of nitriles is 1. The van der Waals surface area contributed by atoms with Gasteiger partial charge in [-0.25, -0.2) is 8.42 Å². The molecule has 164 valence electrons. The molecule has 0 atom stereocenters. The van der Waals surface area contributed by atoms with Crippen LogP contribution in [0, 0.1) is 17.2 Å². The standard InChI is InChI=1S/C24H24N4O3S/c25-15-18-5-1-4-8-23(18)32(30,31)28-13-9-17(10-14-28)24(29)27-12-11-22-20(16-27)19-6-2-3-7-21(19)26-22/h1-8,17,26H,9-14,16H2. The number of aromatic nitrogens is 1. The molecule has 2 aliphatic heterocycles. The Kier molecular flexibility index (Phi) is 5.24. The number of hydrogen-bond acceptors (Lipinski definition) is 4. The number of fused-ring (bicyclic) bond motifs is 3. The third kappa shape index (κ3) is 3.48. The Morgan fingerprint density at radius 2 is 1.75 bits per heavy atom. The molecule has 1 N–H and O–H groups in total. The van der Waals surface area contributed by atoms with Crippen LogP contribution >= 0.6 is 0 Å². The smallest absolute Gasteiger partial charge is 0.244 e. The third-order valence-corrected chi connectivity index (χ3v) is 8.58. The van der Waals surface area contributed by atoms with Gasteiger partial charge in [-0.2, -0.15) is 9.57 Å². The van der Waals surface area contributed by atoms with E-state index in [1.54, 1.807) is 12.1 Å². The number of sulfonamides is 1. The number of para-hydroxylation sites is 1. The topological polar surface area (TPSA) is 97.3 Å². The van der Waals surface area contributed by atoms with Crippen molar-refractivity contribution >= 4 is 26.8 Å². The van der Waals surface area contributed by atoms with Crippen molar-refractivity contribution in [1.29, 1.82) is 5.26 Å². The molecule has 2 aromatic carbocycles. The van der Waals surface area contributed by atoms with Gasteiger partial charge in [0.25, 0.3) is 0 Å². The van der Waals surface area contributed by atoms with E-state index in [1.807, 2.05) is 23.1 Å². The summed E-state index contributed by atoms with van der Waals surface area (Å²) in [4.78, 5) is 18.7. The Hall–Kier alpha value is -3.15. The highest BCUT2D eigenvalue weighted by Gasteiger charge is 2.35. The Balaban J connectivity index is 1.28. The lowest BCUT2D eigenvalue weighted by Gasteiger charge is -2.35. The van der Waals surface area contributed by atoms with Gasteiger partial charge in [0, 0.05) is 60.7 Å². The molecule has 3 aromatic rings. The summed E-state index contributed by atoms with van der Waals surface area (Å²) < 4.78 is 27.5. The number of nitrogens with zero attached hydrogens (tertiary/aromatic N) is 3. The zero-order chi connectivity index (χ0) is 22.3. The first-order chi connectivity index (χ1) is 15.5. The Morgan fingerprint density at radius 3 is 2.53 bits per heavy atom. The zero-order valence-corrected chi connectivity index (χ0v) is 18.4. The fourth-order valence-corrected chi connectivity index (χ4v) is 6.49. The summed E-state index contributed by atoms with van der Waals surface area (Å²) in [5, 5.41) is 10.4. The van der Waals surface area contributed by atoms with Gasteiger partial charge in [-0.15, -0.1) is 0 Å². The van der Waals surface area contributed by atoms with Crippen molar-refractivity contribution in [3.05, 3.63) is 65.4 Å². The van der Waals surface area contributed by atoms with Gasteiger partial charge in [-0.1, -0.05) is 30.3 Å². The number of benzene rings is 2. The van der Waals surface area contributed by atoms with Crippen molar-refractivity contribution in [2.75, 3.05) is 19.6 Å². The maximum absolute atomic E-state index is 13.3. The predicted octanol–water partition coefficient (Wildman–Crippen LogP) is 3.03. The first-order valence-corrected chi connectivity index (χ1v) is 12.3. The molecule has 1 aromatic heterocycles. The van der Waals surface area contributed by atoms with Crippen LogP contribution in [-0.2, 0) is 27.8 Å². The van der Waals surface area contributed by atoms with Gasteiger partial charge in [0.2, 0.25) is 15.9 Å². The van der Waals surface area contributed by atoms with Gasteiger partial charge in [-0.05, 0) is 31.0 Å². The first kappa shape index (κ1) is 20.7. The van der Waals surface area contributed by atoms with Crippen LogP contribution in [-0.4, -0.2) is 48.1 Å². The lowest BCUT2D eigenvalue weighted by molar-refractivity contribution is -0.137. The molecule has 5 rings (SSSR count). The minimum Gasteiger partial charge on any atom is -0.358 e. The quantitative estimate of drug-likeness (QED) is 0.666. The van der Waals surface area contributed by atoms with Gasteiger partial charge >= 0.3 is 0 Å². The maximum atomic E-state index is 13.3. The highest BCUT2D eigenvalue weighted by Crippen LogP contribution is 2.31. The van der Waals surface area contributed by atoms with E-state index in [2.05, 4.69) is 17.1 Å². The summed E-state index contributed by atoms with van der Waals surface area (Å²) in [7, 11) is -3.75. The number of amides is 1. The maximum Gasteiger partial charge on any atom is 0.244 e. The molecule has 7 nitrogen and oxygen atoms in total. The highest BCUT2D eigenvalue weighted by molar-refractivity contribution is 7.89. The molecule has 1 amide bonds. The minimum absolute atomic E-state index is 0.0372. The Morgan fingerprint density at radius 1 is 1.03 bits per heavy atom. The second-order valence-electron chi connectivity index (χ2n) is 8.42. The van der Waals surface area contributed by atoms with E-state index in [0.29, 0.717) is 25.9 Å². The number of rotatable bonds is 3. The van der Waals surface area contributed by atoms with E-state index in [4.69, 9.17) is 0 Å². The van der Waals surface area contributed by atoms with Crippen LogP contribution in [0.4, 0.5) is 0 Å². The summed E-state index contributed by atoms with van der Waals surface area (Å²) in [6.07, 6.45) is 1.78. The molecule has 2 aliphatic rings. The molecule has 0 saturated carbocycles. The monoisotopic (exact) mass is 448 g/mol. The summed E-state index contributed by atoms with van der Waals surface area (Å²) in [6.45, 7) is 1.83. The van der Waals surface area contributed by atoms with Crippen molar-refractivity contribution in [1.82, 2.24) is 14.2 Å². The number of H-pyrrole nitrogens is 1. The SMILES string of the molecule is N#Cc1ccccc1S(=O)(=O)N1CCC(C(=O)N2CCc3[nH]c4ccccc4c3C2)CC1. The summed E-state index contributed by atoms with van der Waals surface area (Å²) in [6, 6.07) is 16.4. The van der Waals surface area contributed by atoms with Gasteiger partial charge in [0.1, 0.15) is 6.07 Å². The number of carbonyl (C=O) groups excluding carboxylic acids is 1. The molecule has 1 saturated heterocycles. The fourth-order valence-electron chi connectivity index (χ4n) is 4.88. The van der Waals surface area contributed by atoms with Crippen LogP contribution in [0.5, 0.6) is 0 Å². The minimum atomic E-state index is -3.75. The number of carbonyl (C=O) groups is 1. The van der Waals surface area contributed by atoms with E-state index in [1.165, 1.54) is 27.7 Å². The van der Waals surface area contributed by atoms with Gasteiger partial charge in [0.15, 0.2) is 0 Å². The molecular formula is C24H24N4O3S. The van der Waals surface area contributed by atoms with Crippen molar-refractivity contribution in [2.45, 2.75) is 30.7 Å².